The van der Waals surface area contributed by atoms with Crippen LogP contribution in [0.15, 0.2) is 18.3 Å². The smallest absolute Gasteiger partial charge is 0.222 e. The van der Waals surface area contributed by atoms with Gasteiger partial charge in [0.2, 0.25) is 5.91 Å². The lowest BCUT2D eigenvalue weighted by Gasteiger charge is -2.29. The third-order valence-corrected chi connectivity index (χ3v) is 3.71. The van der Waals surface area contributed by atoms with E-state index in [1.807, 2.05) is 42.2 Å². The quantitative estimate of drug-likeness (QED) is 0.894. The van der Waals surface area contributed by atoms with Crippen LogP contribution in [-0.2, 0) is 11.2 Å². The highest BCUT2D eigenvalue weighted by Crippen LogP contribution is 2.13. The van der Waals surface area contributed by atoms with Gasteiger partial charge in [0, 0.05) is 39.8 Å². The maximum absolute atomic E-state index is 12.1. The number of carbonyl (C=O) groups is 1. The predicted octanol–water partition coefficient (Wildman–Crippen LogP) is 1.06. The molecule has 5 heteroatoms. The van der Waals surface area contributed by atoms with Crippen LogP contribution >= 0.6 is 0 Å². The van der Waals surface area contributed by atoms with Gasteiger partial charge >= 0.3 is 0 Å². The molecule has 1 fully saturated rings. The number of aliphatic hydroxyl groups is 1. The van der Waals surface area contributed by atoms with Gasteiger partial charge < -0.3 is 14.9 Å². The molecule has 1 saturated heterocycles. The Morgan fingerprint density at radius 3 is 2.65 bits per heavy atom. The van der Waals surface area contributed by atoms with Gasteiger partial charge in [0.05, 0.1) is 6.10 Å². The molecule has 2 rings (SSSR count). The van der Waals surface area contributed by atoms with Crippen molar-refractivity contribution in [3.63, 3.8) is 0 Å². The summed E-state index contributed by atoms with van der Waals surface area (Å²) in [5.74, 6) is 1.10. The molecule has 2 heterocycles. The standard InChI is InChI=1S/C15H23N3O2/c1-17(2)14-5-3-12(11-16-14)4-6-15(20)18-9-7-13(19)8-10-18/h3,5,11,13,19H,4,6-10H2,1-2H3. The van der Waals surface area contributed by atoms with Crippen LogP contribution in [0.2, 0.25) is 0 Å². The molecule has 1 aliphatic rings. The van der Waals surface area contributed by atoms with E-state index in [2.05, 4.69) is 4.98 Å². The number of piperidine rings is 1. The van der Waals surface area contributed by atoms with Crippen molar-refractivity contribution in [2.75, 3.05) is 32.1 Å². The van der Waals surface area contributed by atoms with Gasteiger partial charge in [-0.3, -0.25) is 4.79 Å². The Labute approximate surface area is 120 Å². The maximum Gasteiger partial charge on any atom is 0.222 e. The fraction of sp³-hybridized carbons (Fsp3) is 0.600. The molecular weight excluding hydrogens is 254 g/mol. The zero-order valence-electron chi connectivity index (χ0n) is 12.2. The Balaban J connectivity index is 1.81. The summed E-state index contributed by atoms with van der Waals surface area (Å²) in [7, 11) is 3.91. The van der Waals surface area contributed by atoms with Gasteiger partial charge in [-0.15, -0.1) is 0 Å². The van der Waals surface area contributed by atoms with Crippen LogP contribution in [0.1, 0.15) is 24.8 Å². The van der Waals surface area contributed by atoms with Crippen molar-refractivity contribution >= 4 is 11.7 Å². The van der Waals surface area contributed by atoms with Crippen molar-refractivity contribution in [1.82, 2.24) is 9.88 Å². The molecule has 0 aliphatic carbocycles. The van der Waals surface area contributed by atoms with Gasteiger partial charge in [0.25, 0.3) is 0 Å². The van der Waals surface area contributed by atoms with Crippen LogP contribution in [0.5, 0.6) is 0 Å². The number of anilines is 1. The Bertz CT molecular complexity index is 437. The van der Waals surface area contributed by atoms with Crippen molar-refractivity contribution in [2.45, 2.75) is 31.8 Å². The molecule has 0 aromatic carbocycles. The summed E-state index contributed by atoms with van der Waals surface area (Å²) in [6.45, 7) is 1.36. The number of likely N-dealkylation sites (tertiary alicyclic amines) is 1. The Hall–Kier alpha value is -1.62. The van der Waals surface area contributed by atoms with E-state index in [0.29, 0.717) is 32.4 Å². The number of carbonyl (C=O) groups excluding carboxylic acids is 1. The van der Waals surface area contributed by atoms with Crippen molar-refractivity contribution in [3.8, 4) is 0 Å². The molecule has 20 heavy (non-hydrogen) atoms. The zero-order valence-corrected chi connectivity index (χ0v) is 12.2. The second kappa shape index (κ2) is 6.70. The van der Waals surface area contributed by atoms with Gasteiger partial charge in [-0.25, -0.2) is 4.98 Å². The van der Waals surface area contributed by atoms with E-state index in [1.54, 1.807) is 0 Å². The van der Waals surface area contributed by atoms with E-state index in [-0.39, 0.29) is 12.0 Å². The first kappa shape index (κ1) is 14.8. The molecule has 0 spiro atoms. The number of pyridine rings is 1. The van der Waals surface area contributed by atoms with Gasteiger partial charge in [-0.05, 0) is 30.9 Å². The summed E-state index contributed by atoms with van der Waals surface area (Å²) in [5, 5.41) is 9.44. The third kappa shape index (κ3) is 3.93. The monoisotopic (exact) mass is 277 g/mol. The largest absolute Gasteiger partial charge is 0.393 e. The molecule has 1 N–H and O–H groups in total. The molecular formula is C15H23N3O2. The molecule has 1 aromatic rings. The number of hydrogen-bond donors (Lipinski definition) is 1. The van der Waals surface area contributed by atoms with Gasteiger partial charge in [0.1, 0.15) is 5.82 Å². The average molecular weight is 277 g/mol. The summed E-state index contributed by atoms with van der Waals surface area (Å²) >= 11 is 0. The lowest BCUT2D eigenvalue weighted by atomic mass is 10.1. The fourth-order valence-corrected chi connectivity index (χ4v) is 2.35. The summed E-state index contributed by atoms with van der Waals surface area (Å²) < 4.78 is 0. The number of rotatable bonds is 4. The molecule has 0 unspecified atom stereocenters. The first-order valence-electron chi connectivity index (χ1n) is 7.14. The Morgan fingerprint density at radius 2 is 2.10 bits per heavy atom. The van der Waals surface area contributed by atoms with Crippen LogP contribution in [0.4, 0.5) is 5.82 Å². The van der Waals surface area contributed by atoms with Crippen LogP contribution in [0.25, 0.3) is 0 Å². The topological polar surface area (TPSA) is 56.7 Å². The minimum atomic E-state index is -0.234. The molecule has 5 nitrogen and oxygen atoms in total. The number of hydrogen-bond acceptors (Lipinski definition) is 4. The molecule has 1 aromatic heterocycles. The molecule has 110 valence electrons. The number of aryl methyl sites for hydroxylation is 1. The number of aliphatic hydroxyl groups excluding tert-OH is 1. The normalized spacial score (nSPS) is 16.2. The minimum absolute atomic E-state index is 0.175. The third-order valence-electron chi connectivity index (χ3n) is 3.71. The Kier molecular flexibility index (Phi) is 4.95. The highest BCUT2D eigenvalue weighted by molar-refractivity contribution is 5.76. The van der Waals surface area contributed by atoms with Crippen molar-refractivity contribution in [2.24, 2.45) is 0 Å². The highest BCUT2D eigenvalue weighted by atomic mass is 16.3. The molecule has 1 amide bonds. The van der Waals surface area contributed by atoms with E-state index in [1.165, 1.54) is 0 Å². The first-order valence-corrected chi connectivity index (χ1v) is 7.14. The first-order chi connectivity index (χ1) is 9.56. The van der Waals surface area contributed by atoms with Crippen LogP contribution in [0, 0.1) is 0 Å². The van der Waals surface area contributed by atoms with Crippen LogP contribution < -0.4 is 4.90 Å². The van der Waals surface area contributed by atoms with E-state index in [9.17, 15) is 9.90 Å². The summed E-state index contributed by atoms with van der Waals surface area (Å²) in [5.41, 5.74) is 1.08. The number of aromatic nitrogens is 1. The summed E-state index contributed by atoms with van der Waals surface area (Å²) in [4.78, 5) is 20.2. The van der Waals surface area contributed by atoms with Gasteiger partial charge in [-0.1, -0.05) is 6.07 Å². The maximum atomic E-state index is 12.1. The van der Waals surface area contributed by atoms with Gasteiger partial charge in [0.15, 0.2) is 0 Å². The average Bonchev–Trinajstić information content (AvgIpc) is 2.46. The lowest BCUT2D eigenvalue weighted by Crippen LogP contribution is -2.40. The fourth-order valence-electron chi connectivity index (χ4n) is 2.35. The van der Waals surface area contributed by atoms with E-state index in [4.69, 9.17) is 0 Å². The predicted molar refractivity (Wildman–Crippen MR) is 78.7 cm³/mol. The van der Waals surface area contributed by atoms with Crippen molar-refractivity contribution < 1.29 is 9.90 Å². The molecule has 0 bridgehead atoms. The molecule has 0 atom stereocenters. The molecule has 0 radical (unpaired) electrons. The number of nitrogens with zero attached hydrogens (tertiary/aromatic N) is 3. The second-order valence-electron chi connectivity index (χ2n) is 5.53. The van der Waals surface area contributed by atoms with Gasteiger partial charge in [-0.2, -0.15) is 0 Å². The minimum Gasteiger partial charge on any atom is -0.393 e. The van der Waals surface area contributed by atoms with Crippen LogP contribution in [0.3, 0.4) is 0 Å². The second-order valence-corrected chi connectivity index (χ2v) is 5.53. The van der Waals surface area contributed by atoms with Crippen molar-refractivity contribution in [1.29, 1.82) is 0 Å². The SMILES string of the molecule is CN(C)c1ccc(CCC(=O)N2CCC(O)CC2)cn1. The van der Waals surface area contributed by atoms with Crippen molar-refractivity contribution in [3.05, 3.63) is 23.9 Å². The van der Waals surface area contributed by atoms with Crippen LogP contribution in [-0.4, -0.2) is 54.2 Å². The van der Waals surface area contributed by atoms with E-state index >= 15 is 0 Å². The number of amides is 1. The summed E-state index contributed by atoms with van der Waals surface area (Å²) in [6.07, 6.45) is 4.23. The Morgan fingerprint density at radius 1 is 1.40 bits per heavy atom. The zero-order chi connectivity index (χ0) is 14.5. The molecule has 1 aliphatic heterocycles. The molecule has 0 saturated carbocycles. The summed E-state index contributed by atoms with van der Waals surface area (Å²) in [6, 6.07) is 3.99. The van der Waals surface area contributed by atoms with E-state index in [0.717, 1.165) is 17.8 Å². The van der Waals surface area contributed by atoms with E-state index < -0.39 is 0 Å². The lowest BCUT2D eigenvalue weighted by molar-refractivity contribution is -0.133. The highest BCUT2D eigenvalue weighted by Gasteiger charge is 2.20.